The van der Waals surface area contributed by atoms with Crippen molar-refractivity contribution in [3.05, 3.63) is 82.7 Å². The Hall–Kier alpha value is -3.67. The number of pyridine rings is 1. The van der Waals surface area contributed by atoms with Crippen molar-refractivity contribution in [2.24, 2.45) is 0 Å². The zero-order valence-electron chi connectivity index (χ0n) is 18.6. The zero-order valence-corrected chi connectivity index (χ0v) is 18.6. The summed E-state index contributed by atoms with van der Waals surface area (Å²) in [6.07, 6.45) is 2.10. The van der Waals surface area contributed by atoms with E-state index in [1.165, 1.54) is 16.0 Å². The monoisotopic (exact) mass is 429 g/mol. The van der Waals surface area contributed by atoms with Crippen LogP contribution in [-0.2, 0) is 13.0 Å². The first-order valence-corrected chi connectivity index (χ1v) is 10.7. The van der Waals surface area contributed by atoms with Crippen LogP contribution in [0.15, 0.2) is 54.6 Å². The molecule has 0 fully saturated rings. The Balaban J connectivity index is 1.40. The lowest BCUT2D eigenvalue weighted by atomic mass is 9.98. The highest BCUT2D eigenvalue weighted by Crippen LogP contribution is 2.30. The molecule has 1 N–H and O–H groups in total. The van der Waals surface area contributed by atoms with Crippen LogP contribution >= 0.6 is 0 Å². The van der Waals surface area contributed by atoms with Crippen LogP contribution in [0.4, 0.5) is 0 Å². The molecule has 4 rings (SSSR count). The fourth-order valence-corrected chi connectivity index (χ4v) is 3.78. The van der Waals surface area contributed by atoms with E-state index in [0.717, 1.165) is 36.3 Å². The van der Waals surface area contributed by atoms with Crippen LogP contribution in [-0.4, -0.2) is 42.4 Å². The molecule has 6 heteroatoms. The van der Waals surface area contributed by atoms with Gasteiger partial charge in [-0.2, -0.15) is 0 Å². The number of aromatic nitrogens is 1. The van der Waals surface area contributed by atoms with Gasteiger partial charge in [0.1, 0.15) is 11.4 Å². The minimum absolute atomic E-state index is 0.188. The summed E-state index contributed by atoms with van der Waals surface area (Å²) in [5.74, 6) is 0.590. The molecule has 1 aromatic heterocycles. The number of nitrogens with zero attached hydrogens (tertiary/aromatic N) is 2. The summed E-state index contributed by atoms with van der Waals surface area (Å²) in [6, 6.07) is 17.8. The lowest BCUT2D eigenvalue weighted by Gasteiger charge is -2.18. The average Bonchev–Trinajstić information content (AvgIpc) is 2.82. The molecule has 0 saturated carbocycles. The molecule has 2 aromatic carbocycles. The number of ether oxygens (including phenoxy) is 1. The number of fused-ring (bicyclic) bond motifs is 1. The van der Waals surface area contributed by atoms with Gasteiger partial charge in [0.15, 0.2) is 0 Å². The average molecular weight is 430 g/mol. The fourth-order valence-electron chi connectivity index (χ4n) is 3.78. The van der Waals surface area contributed by atoms with E-state index in [2.05, 4.69) is 34.6 Å². The van der Waals surface area contributed by atoms with E-state index in [9.17, 15) is 9.59 Å². The molecule has 1 aliphatic rings. The largest absolute Gasteiger partial charge is 0.493 e. The number of nitrogens with one attached hydrogen (secondary N) is 1. The van der Waals surface area contributed by atoms with Gasteiger partial charge in [-0.25, -0.2) is 4.98 Å². The van der Waals surface area contributed by atoms with E-state index in [4.69, 9.17) is 4.74 Å². The first-order chi connectivity index (χ1) is 15.4. The third kappa shape index (κ3) is 4.64. The van der Waals surface area contributed by atoms with Crippen molar-refractivity contribution in [1.29, 1.82) is 0 Å². The number of aryl methyl sites for hydroxylation is 2. The van der Waals surface area contributed by atoms with Gasteiger partial charge in [0.05, 0.1) is 17.9 Å². The lowest BCUT2D eigenvalue weighted by Crippen LogP contribution is -2.26. The zero-order chi connectivity index (χ0) is 22.7. The first kappa shape index (κ1) is 21.6. The maximum absolute atomic E-state index is 12.6. The molecule has 0 aliphatic carbocycles. The van der Waals surface area contributed by atoms with Gasteiger partial charge in [0, 0.05) is 20.6 Å². The second kappa shape index (κ2) is 9.22. The minimum Gasteiger partial charge on any atom is -0.493 e. The molecule has 0 unspecified atom stereocenters. The van der Waals surface area contributed by atoms with E-state index in [1.807, 2.05) is 18.2 Å². The SMILES string of the molecule is Cc1nc(C(=O)N(C)C)ccc1C(=O)NCc1ccc(-c2ccc3c(c2)CCCO3)cc1. The number of carbonyl (C=O) groups excluding carboxylic acids is 2. The van der Waals surface area contributed by atoms with Crippen LogP contribution in [0.2, 0.25) is 0 Å². The molecule has 1 aliphatic heterocycles. The van der Waals surface area contributed by atoms with Crippen LogP contribution in [0, 0.1) is 6.92 Å². The highest BCUT2D eigenvalue weighted by atomic mass is 16.5. The van der Waals surface area contributed by atoms with Crippen molar-refractivity contribution in [3.63, 3.8) is 0 Å². The van der Waals surface area contributed by atoms with Crippen LogP contribution in [0.5, 0.6) is 5.75 Å². The van der Waals surface area contributed by atoms with Gasteiger partial charge in [0.25, 0.3) is 11.8 Å². The Morgan fingerprint density at radius 3 is 2.50 bits per heavy atom. The lowest BCUT2D eigenvalue weighted by molar-refractivity contribution is 0.0820. The van der Waals surface area contributed by atoms with Gasteiger partial charge in [-0.05, 0) is 66.3 Å². The van der Waals surface area contributed by atoms with E-state index in [-0.39, 0.29) is 11.8 Å². The fraction of sp³-hybridized carbons (Fsp3) is 0.269. The minimum atomic E-state index is -0.211. The predicted molar refractivity (Wildman–Crippen MR) is 124 cm³/mol. The van der Waals surface area contributed by atoms with Gasteiger partial charge in [-0.15, -0.1) is 0 Å². The maximum Gasteiger partial charge on any atom is 0.271 e. The molecule has 2 amide bonds. The molecular formula is C26H27N3O3. The van der Waals surface area contributed by atoms with Crippen LogP contribution in [0.1, 0.15) is 44.1 Å². The summed E-state index contributed by atoms with van der Waals surface area (Å²) in [5.41, 5.74) is 5.89. The molecule has 0 saturated heterocycles. The van der Waals surface area contributed by atoms with E-state index in [0.29, 0.717) is 23.5 Å². The Labute approximate surface area is 188 Å². The number of rotatable bonds is 5. The highest BCUT2D eigenvalue weighted by molar-refractivity contribution is 5.97. The molecule has 0 radical (unpaired) electrons. The van der Waals surface area contributed by atoms with Gasteiger partial charge in [-0.3, -0.25) is 9.59 Å². The quantitative estimate of drug-likeness (QED) is 0.665. The van der Waals surface area contributed by atoms with Crippen LogP contribution < -0.4 is 10.1 Å². The molecule has 6 nitrogen and oxygen atoms in total. The number of carbonyl (C=O) groups is 2. The van der Waals surface area contributed by atoms with Crippen molar-refractivity contribution in [1.82, 2.24) is 15.2 Å². The molecule has 0 atom stereocenters. The Morgan fingerprint density at radius 1 is 1.03 bits per heavy atom. The smallest absolute Gasteiger partial charge is 0.271 e. The molecule has 2 heterocycles. The van der Waals surface area contributed by atoms with E-state index >= 15 is 0 Å². The van der Waals surface area contributed by atoms with Crippen molar-refractivity contribution >= 4 is 11.8 Å². The molecule has 32 heavy (non-hydrogen) atoms. The van der Waals surface area contributed by atoms with Crippen molar-refractivity contribution in [2.75, 3.05) is 20.7 Å². The van der Waals surface area contributed by atoms with Crippen molar-refractivity contribution in [3.8, 4) is 16.9 Å². The number of benzene rings is 2. The van der Waals surface area contributed by atoms with Crippen LogP contribution in [0.3, 0.4) is 0 Å². The third-order valence-electron chi connectivity index (χ3n) is 5.60. The number of amides is 2. The summed E-state index contributed by atoms with van der Waals surface area (Å²) in [4.78, 5) is 30.4. The van der Waals surface area contributed by atoms with E-state index < -0.39 is 0 Å². The molecular weight excluding hydrogens is 402 g/mol. The summed E-state index contributed by atoms with van der Waals surface area (Å²) in [5, 5.41) is 2.94. The summed E-state index contributed by atoms with van der Waals surface area (Å²) in [7, 11) is 3.34. The van der Waals surface area contributed by atoms with Gasteiger partial charge in [-0.1, -0.05) is 30.3 Å². The highest BCUT2D eigenvalue weighted by Gasteiger charge is 2.15. The Kier molecular flexibility index (Phi) is 6.21. The number of hydrogen-bond donors (Lipinski definition) is 1. The molecule has 0 spiro atoms. The molecule has 164 valence electrons. The van der Waals surface area contributed by atoms with Gasteiger partial charge in [0.2, 0.25) is 0 Å². The van der Waals surface area contributed by atoms with Crippen molar-refractivity contribution in [2.45, 2.75) is 26.3 Å². The van der Waals surface area contributed by atoms with Gasteiger partial charge >= 0.3 is 0 Å². The van der Waals surface area contributed by atoms with Crippen molar-refractivity contribution < 1.29 is 14.3 Å². The first-order valence-electron chi connectivity index (χ1n) is 10.7. The molecule has 0 bridgehead atoms. The summed E-state index contributed by atoms with van der Waals surface area (Å²) >= 11 is 0. The molecule has 3 aromatic rings. The number of hydrogen-bond acceptors (Lipinski definition) is 4. The second-order valence-corrected chi connectivity index (χ2v) is 8.18. The second-order valence-electron chi connectivity index (χ2n) is 8.18. The Bertz CT molecular complexity index is 1150. The normalized spacial score (nSPS) is 12.5. The topological polar surface area (TPSA) is 71.5 Å². The summed E-state index contributed by atoms with van der Waals surface area (Å²) in [6.45, 7) is 2.94. The van der Waals surface area contributed by atoms with E-state index in [1.54, 1.807) is 33.2 Å². The van der Waals surface area contributed by atoms with Crippen LogP contribution in [0.25, 0.3) is 11.1 Å². The summed E-state index contributed by atoms with van der Waals surface area (Å²) < 4.78 is 5.70. The maximum atomic E-state index is 12.6. The third-order valence-corrected chi connectivity index (χ3v) is 5.60. The predicted octanol–water partition coefficient (Wildman–Crippen LogP) is 4.01. The Morgan fingerprint density at radius 2 is 1.78 bits per heavy atom. The van der Waals surface area contributed by atoms with Gasteiger partial charge < -0.3 is 15.0 Å². The standard InChI is InChI=1S/C26H27N3O3/c1-17-22(11-12-23(28-17)26(31)29(2)3)25(30)27-16-18-6-8-19(9-7-18)20-10-13-24-21(15-20)5-4-14-32-24/h6-13,15H,4-5,14,16H2,1-3H3,(H,27,30).